The highest BCUT2D eigenvalue weighted by atomic mass is 16.5. The van der Waals surface area contributed by atoms with Crippen LogP contribution in [0.5, 0.6) is 0 Å². The number of nitrogens with two attached hydrogens (primary N) is 1. The summed E-state index contributed by atoms with van der Waals surface area (Å²) in [6, 6.07) is 6.91. The van der Waals surface area contributed by atoms with Crippen molar-refractivity contribution in [2.24, 2.45) is 0 Å². The van der Waals surface area contributed by atoms with Gasteiger partial charge in [0.25, 0.3) is 11.5 Å². The Morgan fingerprint density at radius 3 is 2.69 bits per heavy atom. The predicted octanol–water partition coefficient (Wildman–Crippen LogP) is 1.05. The number of anilines is 2. The van der Waals surface area contributed by atoms with E-state index in [1.165, 1.54) is 9.47 Å². The number of aromatic amines is 1. The summed E-state index contributed by atoms with van der Waals surface area (Å²) in [6.07, 6.45) is 0.637. The molecule has 1 atom stereocenters. The monoisotopic (exact) mass is 400 g/mol. The molecule has 2 heterocycles. The molecule has 0 unspecified atom stereocenters. The number of hydrogen-bond donors (Lipinski definition) is 2. The highest BCUT2D eigenvalue weighted by Gasteiger charge is 2.35. The van der Waals surface area contributed by atoms with Crippen LogP contribution in [0.4, 0.5) is 11.5 Å². The van der Waals surface area contributed by atoms with Crippen molar-refractivity contribution in [3.63, 3.8) is 0 Å². The molecule has 0 spiro atoms. The van der Waals surface area contributed by atoms with Gasteiger partial charge in [-0.3, -0.25) is 19.1 Å². The summed E-state index contributed by atoms with van der Waals surface area (Å²) in [5.74, 6) is -1.23. The van der Waals surface area contributed by atoms with Crippen molar-refractivity contribution in [2.75, 3.05) is 17.2 Å². The SMILES string of the molecule is CCCCn1c(N)c(N(CC)C(=O)[C@@H]2Cc3ccccc3C(=O)O2)c(=O)[nH]c1=O. The van der Waals surface area contributed by atoms with Crippen molar-refractivity contribution < 1.29 is 14.3 Å². The van der Waals surface area contributed by atoms with E-state index in [1.807, 2.05) is 6.92 Å². The van der Waals surface area contributed by atoms with Gasteiger partial charge in [0.2, 0.25) is 0 Å². The number of fused-ring (bicyclic) bond motifs is 1. The number of benzene rings is 1. The summed E-state index contributed by atoms with van der Waals surface area (Å²) in [7, 11) is 0. The predicted molar refractivity (Wildman–Crippen MR) is 108 cm³/mol. The quantitative estimate of drug-likeness (QED) is 0.698. The van der Waals surface area contributed by atoms with Crippen LogP contribution >= 0.6 is 0 Å². The zero-order valence-electron chi connectivity index (χ0n) is 16.4. The van der Waals surface area contributed by atoms with E-state index in [4.69, 9.17) is 10.5 Å². The van der Waals surface area contributed by atoms with Crippen LogP contribution in [0.3, 0.4) is 0 Å². The van der Waals surface area contributed by atoms with Crippen molar-refractivity contribution in [1.29, 1.82) is 0 Å². The molecule has 9 heteroatoms. The molecule has 29 heavy (non-hydrogen) atoms. The van der Waals surface area contributed by atoms with E-state index in [0.717, 1.165) is 6.42 Å². The Labute approximate surface area is 167 Å². The Bertz CT molecular complexity index is 1060. The number of rotatable bonds is 6. The third-order valence-electron chi connectivity index (χ3n) is 4.97. The van der Waals surface area contributed by atoms with Crippen LogP contribution in [0.15, 0.2) is 33.9 Å². The zero-order chi connectivity index (χ0) is 21.1. The zero-order valence-corrected chi connectivity index (χ0v) is 16.4. The van der Waals surface area contributed by atoms with E-state index in [9.17, 15) is 19.2 Å². The van der Waals surface area contributed by atoms with Gasteiger partial charge in [0.05, 0.1) is 5.56 Å². The maximum atomic E-state index is 13.2. The lowest BCUT2D eigenvalue weighted by Crippen LogP contribution is -2.48. The van der Waals surface area contributed by atoms with Crippen LogP contribution < -0.4 is 21.9 Å². The molecule has 3 N–H and O–H groups in total. The first-order valence-corrected chi connectivity index (χ1v) is 9.61. The molecule has 1 aromatic carbocycles. The Kier molecular flexibility index (Phi) is 5.86. The molecule has 0 aliphatic carbocycles. The molecule has 154 valence electrons. The van der Waals surface area contributed by atoms with E-state index in [2.05, 4.69) is 4.98 Å². The lowest BCUT2D eigenvalue weighted by molar-refractivity contribution is -0.127. The van der Waals surface area contributed by atoms with Crippen LogP contribution in [0.2, 0.25) is 0 Å². The molecular formula is C20H24N4O5. The Balaban J connectivity index is 1.98. The number of aromatic nitrogens is 2. The fourth-order valence-corrected chi connectivity index (χ4v) is 3.44. The van der Waals surface area contributed by atoms with Gasteiger partial charge in [-0.25, -0.2) is 9.59 Å². The molecule has 2 aromatic rings. The minimum Gasteiger partial charge on any atom is -0.448 e. The van der Waals surface area contributed by atoms with Gasteiger partial charge in [-0.2, -0.15) is 0 Å². The van der Waals surface area contributed by atoms with Crippen molar-refractivity contribution >= 4 is 23.4 Å². The minimum absolute atomic E-state index is 0.0788. The molecular weight excluding hydrogens is 376 g/mol. The van der Waals surface area contributed by atoms with E-state index in [1.54, 1.807) is 31.2 Å². The summed E-state index contributed by atoms with van der Waals surface area (Å²) < 4.78 is 6.57. The smallest absolute Gasteiger partial charge is 0.339 e. The number of nitrogens with zero attached hydrogens (tertiary/aromatic N) is 2. The number of hydrogen-bond acceptors (Lipinski definition) is 6. The number of nitrogens with one attached hydrogen (secondary N) is 1. The van der Waals surface area contributed by atoms with Crippen LogP contribution in [0.1, 0.15) is 42.6 Å². The van der Waals surface area contributed by atoms with E-state index in [0.29, 0.717) is 24.1 Å². The first-order chi connectivity index (χ1) is 13.9. The van der Waals surface area contributed by atoms with Gasteiger partial charge >= 0.3 is 11.7 Å². The van der Waals surface area contributed by atoms with Gasteiger partial charge in [-0.1, -0.05) is 31.5 Å². The largest absolute Gasteiger partial charge is 0.448 e. The Hall–Kier alpha value is -3.36. The fourth-order valence-electron chi connectivity index (χ4n) is 3.44. The molecule has 0 saturated carbocycles. The summed E-state index contributed by atoms with van der Waals surface area (Å²) >= 11 is 0. The van der Waals surface area contributed by atoms with Crippen molar-refractivity contribution in [1.82, 2.24) is 9.55 Å². The lowest BCUT2D eigenvalue weighted by Gasteiger charge is -2.29. The fraction of sp³-hybridized carbons (Fsp3) is 0.400. The highest BCUT2D eigenvalue weighted by molar-refractivity contribution is 6.02. The first-order valence-electron chi connectivity index (χ1n) is 9.61. The van der Waals surface area contributed by atoms with Gasteiger partial charge in [-0.15, -0.1) is 0 Å². The second-order valence-electron chi connectivity index (χ2n) is 6.84. The molecule has 1 aliphatic rings. The van der Waals surface area contributed by atoms with Crippen LogP contribution in [0, 0.1) is 0 Å². The van der Waals surface area contributed by atoms with Gasteiger partial charge in [0, 0.05) is 19.5 Å². The van der Waals surface area contributed by atoms with Gasteiger partial charge in [-0.05, 0) is 25.0 Å². The van der Waals surface area contributed by atoms with Crippen LogP contribution in [-0.4, -0.2) is 34.1 Å². The summed E-state index contributed by atoms with van der Waals surface area (Å²) in [5, 5.41) is 0. The molecule has 0 radical (unpaired) electrons. The average molecular weight is 400 g/mol. The van der Waals surface area contributed by atoms with Gasteiger partial charge in [0.1, 0.15) is 5.82 Å². The third-order valence-corrected chi connectivity index (χ3v) is 4.97. The van der Waals surface area contributed by atoms with E-state index < -0.39 is 29.2 Å². The average Bonchev–Trinajstić information content (AvgIpc) is 2.70. The van der Waals surface area contributed by atoms with Crippen LogP contribution in [0.25, 0.3) is 0 Å². The first kappa shape index (κ1) is 20.4. The normalized spacial score (nSPS) is 15.5. The number of nitrogen functional groups attached to an aromatic ring is 1. The minimum atomic E-state index is -1.08. The number of likely N-dealkylation sites (N-methyl/N-ethyl adjacent to an activating group) is 1. The second-order valence-corrected chi connectivity index (χ2v) is 6.84. The number of ether oxygens (including phenoxy) is 1. The third kappa shape index (κ3) is 3.80. The maximum Gasteiger partial charge on any atom is 0.339 e. The Morgan fingerprint density at radius 1 is 1.28 bits per heavy atom. The number of amides is 1. The number of carbonyl (C=O) groups is 2. The lowest BCUT2D eigenvalue weighted by atomic mass is 9.98. The number of H-pyrrole nitrogens is 1. The Morgan fingerprint density at radius 2 is 2.00 bits per heavy atom. The summed E-state index contributed by atoms with van der Waals surface area (Å²) in [4.78, 5) is 53.4. The van der Waals surface area contributed by atoms with Gasteiger partial charge in [0.15, 0.2) is 11.8 Å². The molecule has 3 rings (SSSR count). The molecule has 1 aromatic heterocycles. The molecule has 0 bridgehead atoms. The van der Waals surface area contributed by atoms with Crippen molar-refractivity contribution in [2.45, 2.75) is 45.8 Å². The molecule has 1 aliphatic heterocycles. The van der Waals surface area contributed by atoms with Crippen molar-refractivity contribution in [3.8, 4) is 0 Å². The van der Waals surface area contributed by atoms with Gasteiger partial charge < -0.3 is 15.4 Å². The number of cyclic esters (lactones) is 1. The number of esters is 1. The van der Waals surface area contributed by atoms with Crippen LogP contribution in [-0.2, 0) is 22.5 Å². The van der Waals surface area contributed by atoms with Crippen molar-refractivity contribution in [3.05, 3.63) is 56.2 Å². The molecule has 0 fully saturated rings. The molecule has 9 nitrogen and oxygen atoms in total. The summed E-state index contributed by atoms with van der Waals surface area (Å²) in [6.45, 7) is 4.08. The number of unbranched alkanes of at least 4 members (excludes halogenated alkanes) is 1. The molecule has 1 amide bonds. The highest BCUT2D eigenvalue weighted by Crippen LogP contribution is 2.24. The van der Waals surface area contributed by atoms with E-state index >= 15 is 0 Å². The summed E-state index contributed by atoms with van der Waals surface area (Å²) in [5.41, 5.74) is 5.76. The molecule has 0 saturated heterocycles. The second kappa shape index (κ2) is 8.34. The topological polar surface area (TPSA) is 127 Å². The maximum absolute atomic E-state index is 13.2. The standard InChI is InChI=1S/C20H24N4O5/c1-3-5-10-24-16(21)15(17(25)22-20(24)28)23(4-2)18(26)14-11-12-8-6-7-9-13(12)19(27)29-14/h6-9,14H,3-5,10-11,21H2,1-2H3,(H,22,25,28)/t14-/m0/s1. The van der Waals surface area contributed by atoms with E-state index in [-0.39, 0.29) is 24.5 Å². The number of carbonyl (C=O) groups excluding carboxylic acids is 2.